The van der Waals surface area contributed by atoms with Gasteiger partial charge in [-0.2, -0.15) is 0 Å². The van der Waals surface area contributed by atoms with Gasteiger partial charge in [0.2, 0.25) is 5.91 Å². The maximum absolute atomic E-state index is 12.1. The third-order valence-electron chi connectivity index (χ3n) is 2.79. The maximum atomic E-state index is 12.1. The van der Waals surface area contributed by atoms with Crippen molar-refractivity contribution in [2.45, 2.75) is 44.7 Å². The molecule has 0 aromatic rings. The van der Waals surface area contributed by atoms with Gasteiger partial charge in [0.15, 0.2) is 0 Å². The number of nitrogens with zero attached hydrogens (tertiary/aromatic N) is 1. The van der Waals surface area contributed by atoms with Gasteiger partial charge in [-0.1, -0.05) is 0 Å². The molecule has 2 atom stereocenters. The van der Waals surface area contributed by atoms with Crippen LogP contribution in [0.5, 0.6) is 0 Å². The molecule has 19 heavy (non-hydrogen) atoms. The Morgan fingerprint density at radius 1 is 1.47 bits per heavy atom. The van der Waals surface area contributed by atoms with Crippen molar-refractivity contribution in [1.29, 1.82) is 0 Å². The number of nitrogens with two attached hydrogens (primary N) is 1. The minimum absolute atomic E-state index is 0. The number of fused-ring (bicyclic) bond motifs is 1. The Labute approximate surface area is 123 Å². The highest BCUT2D eigenvalue weighted by Crippen LogP contribution is 2.39. The number of β-lactam (4-membered cyclic amide) rings is 1. The van der Waals surface area contributed by atoms with E-state index < -0.39 is 17.6 Å². The SMILES string of the molecule is CC1=C(C(=O)OC(C)(C)C)N2C(=O)C(N)[C@@H]2SC1.Cl. The molecule has 7 heteroatoms. The van der Waals surface area contributed by atoms with Crippen LogP contribution in [-0.4, -0.2) is 39.5 Å². The second kappa shape index (κ2) is 5.34. The largest absolute Gasteiger partial charge is 0.455 e. The van der Waals surface area contributed by atoms with Crippen LogP contribution < -0.4 is 5.73 Å². The topological polar surface area (TPSA) is 72.6 Å². The Bertz CT molecular complexity index is 445. The van der Waals surface area contributed by atoms with Crippen LogP contribution in [0.25, 0.3) is 0 Å². The van der Waals surface area contributed by atoms with Crippen molar-refractivity contribution in [2.24, 2.45) is 5.73 Å². The zero-order valence-corrected chi connectivity index (χ0v) is 13.1. The molecule has 2 N–H and O–H groups in total. The number of carbonyl (C=O) groups excluding carboxylic acids is 2. The van der Waals surface area contributed by atoms with Crippen LogP contribution in [0.3, 0.4) is 0 Å². The summed E-state index contributed by atoms with van der Waals surface area (Å²) < 4.78 is 5.34. The first-order chi connectivity index (χ1) is 8.22. The Kier molecular flexibility index (Phi) is 4.59. The molecule has 0 aromatic heterocycles. The Morgan fingerprint density at radius 3 is 2.58 bits per heavy atom. The van der Waals surface area contributed by atoms with Crippen molar-refractivity contribution in [3.8, 4) is 0 Å². The highest BCUT2D eigenvalue weighted by Gasteiger charge is 2.51. The maximum Gasteiger partial charge on any atom is 0.355 e. The number of halogens is 1. The van der Waals surface area contributed by atoms with Crippen molar-refractivity contribution in [2.75, 3.05) is 5.75 Å². The molecule has 0 bridgehead atoms. The predicted molar refractivity (Wildman–Crippen MR) is 76.9 cm³/mol. The van der Waals surface area contributed by atoms with Crippen LogP contribution in [0.4, 0.5) is 0 Å². The summed E-state index contributed by atoms with van der Waals surface area (Å²) in [5, 5.41) is -0.122. The van der Waals surface area contributed by atoms with Gasteiger partial charge in [0.25, 0.3) is 0 Å². The molecule has 1 amide bonds. The molecular weight excluding hydrogens is 288 g/mol. The van der Waals surface area contributed by atoms with Crippen LogP contribution >= 0.6 is 24.2 Å². The van der Waals surface area contributed by atoms with Crippen molar-refractivity contribution >= 4 is 36.0 Å². The summed E-state index contributed by atoms with van der Waals surface area (Å²) in [6.45, 7) is 7.26. The molecule has 108 valence electrons. The lowest BCUT2D eigenvalue weighted by molar-refractivity contribution is -0.158. The van der Waals surface area contributed by atoms with Gasteiger partial charge in [-0.25, -0.2) is 4.79 Å². The van der Waals surface area contributed by atoms with E-state index in [4.69, 9.17) is 10.5 Å². The van der Waals surface area contributed by atoms with E-state index in [1.165, 1.54) is 4.90 Å². The highest BCUT2D eigenvalue weighted by atomic mass is 35.5. The fourth-order valence-corrected chi connectivity index (χ4v) is 3.23. The molecule has 5 nitrogen and oxygen atoms in total. The number of rotatable bonds is 1. The summed E-state index contributed by atoms with van der Waals surface area (Å²) in [6, 6.07) is -0.500. The fourth-order valence-electron chi connectivity index (χ4n) is 1.99. The van der Waals surface area contributed by atoms with E-state index in [2.05, 4.69) is 0 Å². The summed E-state index contributed by atoms with van der Waals surface area (Å²) in [4.78, 5) is 25.4. The molecule has 1 unspecified atom stereocenters. The first kappa shape index (κ1) is 16.3. The third kappa shape index (κ3) is 2.90. The van der Waals surface area contributed by atoms with Crippen LogP contribution in [-0.2, 0) is 14.3 Å². The molecule has 0 spiro atoms. The average molecular weight is 307 g/mol. The van der Waals surface area contributed by atoms with E-state index in [0.29, 0.717) is 11.4 Å². The number of carbonyl (C=O) groups is 2. The number of esters is 1. The predicted octanol–water partition coefficient (Wildman–Crippen LogP) is 1.27. The molecule has 1 saturated heterocycles. The molecule has 0 radical (unpaired) electrons. The Balaban J connectivity index is 0.00000180. The monoisotopic (exact) mass is 306 g/mol. The van der Waals surface area contributed by atoms with Crippen LogP contribution in [0, 0.1) is 0 Å². The van der Waals surface area contributed by atoms with Gasteiger partial charge in [0.05, 0.1) is 0 Å². The van der Waals surface area contributed by atoms with Gasteiger partial charge in [0, 0.05) is 5.75 Å². The van der Waals surface area contributed by atoms with E-state index in [1.54, 1.807) is 32.5 Å². The molecule has 0 aromatic carbocycles. The Morgan fingerprint density at radius 2 is 2.05 bits per heavy atom. The quantitative estimate of drug-likeness (QED) is 0.583. The average Bonchev–Trinajstić information content (AvgIpc) is 2.25. The molecule has 2 heterocycles. The van der Waals surface area contributed by atoms with Crippen LogP contribution in [0.1, 0.15) is 27.7 Å². The van der Waals surface area contributed by atoms with Crippen LogP contribution in [0.15, 0.2) is 11.3 Å². The normalized spacial score (nSPS) is 26.4. The first-order valence-corrected chi connectivity index (χ1v) is 6.90. The van der Waals surface area contributed by atoms with Crippen molar-refractivity contribution in [3.63, 3.8) is 0 Å². The van der Waals surface area contributed by atoms with E-state index in [9.17, 15) is 9.59 Å². The lowest BCUT2D eigenvalue weighted by Gasteiger charge is -2.48. The van der Waals surface area contributed by atoms with Crippen molar-refractivity contribution in [1.82, 2.24) is 4.90 Å². The van der Waals surface area contributed by atoms with Gasteiger partial charge in [-0.05, 0) is 33.3 Å². The number of hydrogen-bond donors (Lipinski definition) is 1. The molecule has 2 rings (SSSR count). The minimum Gasteiger partial charge on any atom is -0.455 e. The molecule has 0 aliphatic carbocycles. The fraction of sp³-hybridized carbons (Fsp3) is 0.667. The summed E-state index contributed by atoms with van der Waals surface area (Å²) in [7, 11) is 0. The highest BCUT2D eigenvalue weighted by molar-refractivity contribution is 8.00. The summed E-state index contributed by atoms with van der Waals surface area (Å²) in [5.41, 5.74) is 6.40. The van der Waals surface area contributed by atoms with Crippen molar-refractivity contribution < 1.29 is 14.3 Å². The minimum atomic E-state index is -0.569. The second-order valence-corrected chi connectivity index (χ2v) is 6.67. The molecule has 0 saturated carbocycles. The first-order valence-electron chi connectivity index (χ1n) is 5.86. The van der Waals surface area contributed by atoms with E-state index in [-0.39, 0.29) is 23.7 Å². The zero-order chi connectivity index (χ0) is 13.7. The summed E-state index contributed by atoms with van der Waals surface area (Å²) in [5.74, 6) is 0.0643. The standard InChI is InChI=1S/C12H18N2O3S.ClH/c1-6-5-18-10-7(13)9(15)14(10)8(6)11(16)17-12(2,3)4;/h7,10H,5,13H2,1-4H3;1H/t7?,10-;/m0./s1. The number of hydrogen-bond acceptors (Lipinski definition) is 5. The molecule has 2 aliphatic heterocycles. The third-order valence-corrected chi connectivity index (χ3v) is 4.24. The summed E-state index contributed by atoms with van der Waals surface area (Å²) in [6.07, 6.45) is 0. The molecule has 1 fully saturated rings. The zero-order valence-electron chi connectivity index (χ0n) is 11.4. The number of amides is 1. The number of thioether (sulfide) groups is 1. The molecular formula is C12H19ClN2O3S. The second-order valence-electron chi connectivity index (χ2n) is 5.57. The lowest BCUT2D eigenvalue weighted by Crippen LogP contribution is -2.68. The smallest absolute Gasteiger partial charge is 0.355 e. The van der Waals surface area contributed by atoms with Gasteiger partial charge in [-0.15, -0.1) is 24.2 Å². The number of ether oxygens (including phenoxy) is 1. The lowest BCUT2D eigenvalue weighted by atomic mass is 10.0. The van der Waals surface area contributed by atoms with Gasteiger partial charge < -0.3 is 10.5 Å². The van der Waals surface area contributed by atoms with E-state index >= 15 is 0 Å². The van der Waals surface area contributed by atoms with Gasteiger partial charge in [-0.3, -0.25) is 9.69 Å². The van der Waals surface area contributed by atoms with Gasteiger partial charge in [0.1, 0.15) is 22.7 Å². The van der Waals surface area contributed by atoms with Gasteiger partial charge >= 0.3 is 5.97 Å². The van der Waals surface area contributed by atoms with E-state index in [1.807, 2.05) is 6.92 Å². The molecule has 2 aliphatic rings. The van der Waals surface area contributed by atoms with E-state index in [0.717, 1.165) is 5.57 Å². The Hall–Kier alpha value is -0.720. The summed E-state index contributed by atoms with van der Waals surface area (Å²) >= 11 is 1.59. The van der Waals surface area contributed by atoms with Crippen molar-refractivity contribution in [3.05, 3.63) is 11.3 Å². The van der Waals surface area contributed by atoms with Crippen LogP contribution in [0.2, 0.25) is 0 Å².